The van der Waals surface area contributed by atoms with Crippen molar-refractivity contribution in [1.29, 1.82) is 0 Å². The molecule has 1 saturated heterocycles. The fourth-order valence-electron chi connectivity index (χ4n) is 3.41. The summed E-state index contributed by atoms with van der Waals surface area (Å²) in [6, 6.07) is 13.3. The molecule has 1 atom stereocenters. The summed E-state index contributed by atoms with van der Waals surface area (Å²) in [5.74, 6) is -1.10. The molecule has 1 amide bonds. The van der Waals surface area contributed by atoms with Crippen LogP contribution >= 0.6 is 11.6 Å². The van der Waals surface area contributed by atoms with Crippen molar-refractivity contribution in [3.05, 3.63) is 70.3 Å². The van der Waals surface area contributed by atoms with Gasteiger partial charge >= 0.3 is 0 Å². The van der Waals surface area contributed by atoms with Crippen molar-refractivity contribution in [2.24, 2.45) is 0 Å². The fourth-order valence-corrected chi connectivity index (χ4v) is 3.66. The van der Waals surface area contributed by atoms with E-state index in [2.05, 4.69) is 0 Å². The zero-order valence-corrected chi connectivity index (χ0v) is 17.4. The minimum Gasteiger partial charge on any atom is -0.507 e. The summed E-state index contributed by atoms with van der Waals surface area (Å²) in [6.45, 7) is 1.07. The highest BCUT2D eigenvalue weighted by atomic mass is 35.5. The van der Waals surface area contributed by atoms with Crippen LogP contribution in [0.5, 0.6) is 5.75 Å². The van der Waals surface area contributed by atoms with Crippen molar-refractivity contribution in [2.75, 3.05) is 34.3 Å². The number of hydrogen-bond donors (Lipinski definition) is 2. The molecule has 1 heterocycles. The minimum absolute atomic E-state index is 0.0659. The molecule has 0 unspecified atom stereocenters. The van der Waals surface area contributed by atoms with Crippen LogP contribution in [0, 0.1) is 0 Å². The van der Waals surface area contributed by atoms with Gasteiger partial charge < -0.3 is 19.6 Å². The topological polar surface area (TPSA) is 71.3 Å². The van der Waals surface area contributed by atoms with E-state index < -0.39 is 17.7 Å². The second-order valence-electron chi connectivity index (χ2n) is 7.21. The maximum Gasteiger partial charge on any atom is 0.295 e. The highest BCUT2D eigenvalue weighted by Crippen LogP contribution is 2.39. The number of benzene rings is 2. The second-order valence-corrected chi connectivity index (χ2v) is 7.62. The maximum absolute atomic E-state index is 12.9. The van der Waals surface area contributed by atoms with Gasteiger partial charge in [0.05, 0.1) is 50.9 Å². The van der Waals surface area contributed by atoms with Gasteiger partial charge in [0.2, 0.25) is 0 Å². The number of methoxy groups -OCH3 is 1. The summed E-state index contributed by atoms with van der Waals surface area (Å²) < 4.78 is 5.14. The zero-order chi connectivity index (χ0) is 21.1. The minimum atomic E-state index is -0.697. The summed E-state index contributed by atoms with van der Waals surface area (Å²) in [5.41, 5.74) is 1.19. The number of ether oxygens (including phenoxy) is 1. The predicted molar refractivity (Wildman–Crippen MR) is 111 cm³/mol. The number of quaternary nitrogens is 1. The Kier molecular flexibility index (Phi) is 6.25. The van der Waals surface area contributed by atoms with Crippen LogP contribution in [0.3, 0.4) is 0 Å². The van der Waals surface area contributed by atoms with E-state index in [0.29, 0.717) is 29.4 Å². The molecule has 1 fully saturated rings. The molecule has 0 bridgehead atoms. The average molecular weight is 416 g/mol. The number of halogens is 1. The van der Waals surface area contributed by atoms with Gasteiger partial charge in [-0.25, -0.2) is 0 Å². The van der Waals surface area contributed by atoms with E-state index in [0.717, 1.165) is 10.5 Å². The number of Topliss-reactive ketones (excluding diaryl/α,β-unsaturated/α-hetero) is 1. The molecule has 1 aliphatic rings. The van der Waals surface area contributed by atoms with Crippen molar-refractivity contribution in [2.45, 2.75) is 6.04 Å². The lowest BCUT2D eigenvalue weighted by atomic mass is 9.95. The molecular formula is C22H24ClN2O4+. The molecule has 0 aliphatic carbocycles. The number of likely N-dealkylation sites (N-methyl/N-ethyl adjacent to an activating group) is 1. The molecule has 152 valence electrons. The highest BCUT2D eigenvalue weighted by Gasteiger charge is 2.46. The Morgan fingerprint density at radius 2 is 1.86 bits per heavy atom. The van der Waals surface area contributed by atoms with Crippen LogP contribution in [0.2, 0.25) is 5.02 Å². The Hall–Kier alpha value is -2.83. The van der Waals surface area contributed by atoms with Gasteiger partial charge in [0.15, 0.2) is 0 Å². The van der Waals surface area contributed by atoms with Crippen molar-refractivity contribution >= 4 is 29.1 Å². The number of carbonyl (C=O) groups excluding carboxylic acids is 2. The molecule has 0 radical (unpaired) electrons. The molecule has 3 rings (SSSR count). The first-order chi connectivity index (χ1) is 13.8. The molecule has 6 nitrogen and oxygen atoms in total. The molecule has 7 heteroatoms. The lowest BCUT2D eigenvalue weighted by molar-refractivity contribution is -0.857. The molecular weight excluding hydrogens is 392 g/mol. The number of nitrogens with one attached hydrogen (secondary N) is 1. The largest absolute Gasteiger partial charge is 0.507 e. The normalized spacial score (nSPS) is 18.5. The van der Waals surface area contributed by atoms with E-state index in [1.807, 2.05) is 44.4 Å². The number of nitrogens with zero attached hydrogens (tertiary/aromatic N) is 1. The van der Waals surface area contributed by atoms with Crippen LogP contribution in [0.15, 0.2) is 54.1 Å². The van der Waals surface area contributed by atoms with Crippen molar-refractivity contribution < 1.29 is 24.3 Å². The number of ketones is 1. The first-order valence-electron chi connectivity index (χ1n) is 9.31. The highest BCUT2D eigenvalue weighted by molar-refractivity contribution is 6.46. The third-order valence-electron chi connectivity index (χ3n) is 4.93. The molecule has 0 spiro atoms. The van der Waals surface area contributed by atoms with Crippen LogP contribution in [0.4, 0.5) is 0 Å². The first-order valence-corrected chi connectivity index (χ1v) is 9.69. The lowest BCUT2D eigenvalue weighted by Gasteiger charge is -2.25. The molecule has 1 aliphatic heterocycles. The number of aliphatic hydroxyl groups is 1. The standard InChI is InChI=1S/C22H23ClN2O4/c1-24(2)11-12-25-19(14-7-5-4-6-8-14)18(21(27)22(25)28)20(26)15-9-10-17(29-3)16(23)13-15/h4-10,13,19,26H,11-12H2,1-3H3/p+1/t19-/m1/s1. The second kappa shape index (κ2) is 8.68. The number of carbonyl (C=O) groups is 2. The Morgan fingerprint density at radius 1 is 1.17 bits per heavy atom. The van der Waals surface area contributed by atoms with Crippen LogP contribution in [0.1, 0.15) is 17.2 Å². The average Bonchev–Trinajstić information content (AvgIpc) is 2.97. The SMILES string of the molecule is COc1ccc(C(O)=C2C(=O)C(=O)N(CC[NH+](C)C)[C@@H]2c2ccccc2)cc1Cl. The van der Waals surface area contributed by atoms with Gasteiger partial charge in [-0.05, 0) is 23.8 Å². The molecule has 2 aromatic carbocycles. The first kappa shape index (κ1) is 20.9. The maximum atomic E-state index is 12.9. The van der Waals surface area contributed by atoms with Gasteiger partial charge in [-0.3, -0.25) is 9.59 Å². The smallest absolute Gasteiger partial charge is 0.295 e. The van der Waals surface area contributed by atoms with Gasteiger partial charge in [-0.15, -0.1) is 0 Å². The summed E-state index contributed by atoms with van der Waals surface area (Å²) in [7, 11) is 5.45. The van der Waals surface area contributed by atoms with Crippen molar-refractivity contribution in [1.82, 2.24) is 4.90 Å². The Morgan fingerprint density at radius 3 is 2.45 bits per heavy atom. The molecule has 0 saturated carbocycles. The Bertz CT molecular complexity index is 957. The van der Waals surface area contributed by atoms with E-state index in [4.69, 9.17) is 16.3 Å². The van der Waals surface area contributed by atoms with Gasteiger partial charge in [0.25, 0.3) is 11.7 Å². The number of aliphatic hydroxyl groups excluding tert-OH is 1. The van der Waals surface area contributed by atoms with Crippen LogP contribution in [-0.4, -0.2) is 56.0 Å². The summed E-state index contributed by atoms with van der Waals surface area (Å²) in [6.07, 6.45) is 0. The van der Waals surface area contributed by atoms with E-state index in [1.54, 1.807) is 12.1 Å². The molecule has 2 aromatic rings. The van der Waals surface area contributed by atoms with E-state index in [1.165, 1.54) is 18.1 Å². The predicted octanol–water partition coefficient (Wildman–Crippen LogP) is 1.91. The fraction of sp³-hybridized carbons (Fsp3) is 0.273. The van der Waals surface area contributed by atoms with Gasteiger partial charge in [0, 0.05) is 5.56 Å². The van der Waals surface area contributed by atoms with Crippen LogP contribution < -0.4 is 9.64 Å². The summed E-state index contributed by atoms with van der Waals surface area (Å²) in [4.78, 5) is 28.4. The quantitative estimate of drug-likeness (QED) is 0.429. The van der Waals surface area contributed by atoms with Crippen LogP contribution in [-0.2, 0) is 9.59 Å². The number of amides is 1. The van der Waals surface area contributed by atoms with Crippen molar-refractivity contribution in [3.63, 3.8) is 0 Å². The zero-order valence-electron chi connectivity index (χ0n) is 16.6. The van der Waals surface area contributed by atoms with E-state index in [9.17, 15) is 14.7 Å². The molecule has 0 aromatic heterocycles. The van der Waals surface area contributed by atoms with E-state index in [-0.39, 0.29) is 11.3 Å². The van der Waals surface area contributed by atoms with Gasteiger partial charge in [0.1, 0.15) is 11.5 Å². The lowest BCUT2D eigenvalue weighted by Crippen LogP contribution is -3.06. The Balaban J connectivity index is 2.13. The Labute approximate surface area is 174 Å². The monoisotopic (exact) mass is 415 g/mol. The third kappa shape index (κ3) is 4.13. The summed E-state index contributed by atoms with van der Waals surface area (Å²) >= 11 is 6.19. The molecule has 29 heavy (non-hydrogen) atoms. The third-order valence-corrected chi connectivity index (χ3v) is 5.23. The van der Waals surface area contributed by atoms with Crippen molar-refractivity contribution in [3.8, 4) is 5.75 Å². The number of hydrogen-bond acceptors (Lipinski definition) is 4. The number of rotatable bonds is 6. The summed E-state index contributed by atoms with van der Waals surface area (Å²) in [5, 5.41) is 11.3. The van der Waals surface area contributed by atoms with Crippen LogP contribution in [0.25, 0.3) is 5.76 Å². The van der Waals surface area contributed by atoms with Gasteiger partial charge in [-0.2, -0.15) is 0 Å². The molecule has 2 N–H and O–H groups in total. The van der Waals surface area contributed by atoms with Gasteiger partial charge in [-0.1, -0.05) is 41.9 Å². The number of likely N-dealkylation sites (tertiary alicyclic amines) is 1. The van der Waals surface area contributed by atoms with E-state index >= 15 is 0 Å².